The van der Waals surface area contributed by atoms with Crippen LogP contribution in [0.3, 0.4) is 0 Å². The monoisotopic (exact) mass is 392 g/mol. The molecule has 0 aliphatic rings. The summed E-state index contributed by atoms with van der Waals surface area (Å²) in [5, 5.41) is 5.14. The largest absolute Gasteiger partial charge is 0.343 e. The average Bonchev–Trinajstić information content (AvgIpc) is 3.04. The number of para-hydroxylation sites is 1. The molecule has 4 rings (SSSR count). The number of nitrogens with one attached hydrogen (secondary N) is 1. The van der Waals surface area contributed by atoms with Gasteiger partial charge >= 0.3 is 0 Å². The van der Waals surface area contributed by atoms with Crippen LogP contribution in [0.15, 0.2) is 72.9 Å². The average molecular weight is 393 g/mol. The van der Waals surface area contributed by atoms with Crippen LogP contribution in [0.4, 0.5) is 4.39 Å². The second-order valence-electron chi connectivity index (χ2n) is 7.09. The van der Waals surface area contributed by atoms with Gasteiger partial charge in [0.05, 0.1) is 6.54 Å². The highest BCUT2D eigenvalue weighted by Crippen LogP contribution is 2.26. The first-order valence-corrected chi connectivity index (χ1v) is 9.75. The number of hydrogen-bond donors (Lipinski definition) is 1. The van der Waals surface area contributed by atoms with Gasteiger partial charge in [-0.05, 0) is 36.2 Å². The minimum absolute atomic E-state index is 0.274. The van der Waals surface area contributed by atoms with Gasteiger partial charge in [0, 0.05) is 40.8 Å². The van der Waals surface area contributed by atoms with E-state index in [0.717, 1.165) is 18.6 Å². The van der Waals surface area contributed by atoms with Gasteiger partial charge in [-0.15, -0.1) is 0 Å². The Kier molecular flexibility index (Phi) is 5.47. The summed E-state index contributed by atoms with van der Waals surface area (Å²) in [6.45, 7) is 4.04. The summed E-state index contributed by atoms with van der Waals surface area (Å²) in [6, 6.07) is 21.6. The van der Waals surface area contributed by atoms with E-state index in [2.05, 4.69) is 59.4 Å². The summed E-state index contributed by atoms with van der Waals surface area (Å²) in [6.07, 6.45) is 2.09. The van der Waals surface area contributed by atoms with E-state index in [0.29, 0.717) is 17.1 Å². The molecule has 1 N–H and O–H groups in total. The van der Waals surface area contributed by atoms with E-state index >= 15 is 0 Å². The Bertz CT molecular complexity index is 1080. The molecule has 0 unspecified atom stereocenters. The van der Waals surface area contributed by atoms with Gasteiger partial charge in [-0.25, -0.2) is 4.39 Å². The summed E-state index contributed by atoms with van der Waals surface area (Å²) in [5.74, 6) is -0.274. The van der Waals surface area contributed by atoms with E-state index in [1.165, 1.54) is 28.1 Å². The standard InChI is InChI=1S/C24H22ClFN2/c1-17-9-11-18(12-10-17)13-27-14-19-15-28(24-8-3-2-5-20(19)24)16-21-22(25)6-4-7-23(21)26/h2-12,15,27H,13-14,16H2,1H3. The lowest BCUT2D eigenvalue weighted by Crippen LogP contribution is -2.12. The third-order valence-corrected chi connectivity index (χ3v) is 5.38. The number of benzene rings is 3. The van der Waals surface area contributed by atoms with E-state index in [4.69, 9.17) is 11.6 Å². The first-order valence-electron chi connectivity index (χ1n) is 9.38. The van der Waals surface area contributed by atoms with Crippen molar-refractivity contribution in [3.05, 3.63) is 106 Å². The second kappa shape index (κ2) is 8.17. The van der Waals surface area contributed by atoms with E-state index in [1.54, 1.807) is 12.1 Å². The fraction of sp³-hybridized carbons (Fsp3) is 0.167. The van der Waals surface area contributed by atoms with Crippen molar-refractivity contribution in [1.29, 1.82) is 0 Å². The van der Waals surface area contributed by atoms with Gasteiger partial charge in [0.15, 0.2) is 0 Å². The molecule has 0 aliphatic carbocycles. The topological polar surface area (TPSA) is 17.0 Å². The molecule has 0 saturated carbocycles. The predicted octanol–water partition coefficient (Wildman–Crippen LogP) is 6.08. The molecule has 142 valence electrons. The van der Waals surface area contributed by atoms with Crippen molar-refractivity contribution in [3.8, 4) is 0 Å². The van der Waals surface area contributed by atoms with E-state index < -0.39 is 0 Å². The number of hydrogen-bond acceptors (Lipinski definition) is 1. The molecule has 2 nitrogen and oxygen atoms in total. The molecule has 4 heteroatoms. The van der Waals surface area contributed by atoms with Crippen LogP contribution >= 0.6 is 11.6 Å². The van der Waals surface area contributed by atoms with Gasteiger partial charge in [0.25, 0.3) is 0 Å². The van der Waals surface area contributed by atoms with Crippen LogP contribution in [0.1, 0.15) is 22.3 Å². The maximum absolute atomic E-state index is 14.3. The minimum Gasteiger partial charge on any atom is -0.343 e. The smallest absolute Gasteiger partial charge is 0.129 e. The zero-order chi connectivity index (χ0) is 19.5. The van der Waals surface area contributed by atoms with Crippen LogP contribution in [0.5, 0.6) is 0 Å². The van der Waals surface area contributed by atoms with Crippen molar-refractivity contribution in [3.63, 3.8) is 0 Å². The van der Waals surface area contributed by atoms with Crippen LogP contribution in [-0.2, 0) is 19.6 Å². The van der Waals surface area contributed by atoms with Crippen LogP contribution in [0.25, 0.3) is 10.9 Å². The zero-order valence-corrected chi connectivity index (χ0v) is 16.5. The zero-order valence-electron chi connectivity index (χ0n) is 15.8. The molecule has 0 bridgehead atoms. The Balaban J connectivity index is 1.57. The Morgan fingerprint density at radius 3 is 2.50 bits per heavy atom. The van der Waals surface area contributed by atoms with Gasteiger partial charge in [0.2, 0.25) is 0 Å². The molecule has 28 heavy (non-hydrogen) atoms. The third kappa shape index (κ3) is 3.96. The molecular formula is C24H22ClFN2. The molecular weight excluding hydrogens is 371 g/mol. The Hall–Kier alpha value is -2.62. The molecule has 0 fully saturated rings. The summed E-state index contributed by atoms with van der Waals surface area (Å²) < 4.78 is 16.3. The molecule has 1 aromatic heterocycles. The summed E-state index contributed by atoms with van der Waals surface area (Å²) in [5.41, 5.74) is 5.30. The van der Waals surface area contributed by atoms with Gasteiger partial charge in [-0.3, -0.25) is 0 Å². The van der Waals surface area contributed by atoms with Crippen molar-refractivity contribution in [2.45, 2.75) is 26.6 Å². The molecule has 0 saturated heterocycles. The van der Waals surface area contributed by atoms with Crippen molar-refractivity contribution in [2.24, 2.45) is 0 Å². The lowest BCUT2D eigenvalue weighted by Gasteiger charge is -2.08. The summed E-state index contributed by atoms with van der Waals surface area (Å²) >= 11 is 6.23. The van der Waals surface area contributed by atoms with Gasteiger partial charge in [-0.2, -0.15) is 0 Å². The molecule has 0 radical (unpaired) electrons. The van der Waals surface area contributed by atoms with Crippen LogP contribution in [0.2, 0.25) is 5.02 Å². The Labute approximate surface area is 169 Å². The van der Waals surface area contributed by atoms with E-state index in [9.17, 15) is 4.39 Å². The molecule has 0 atom stereocenters. The Morgan fingerprint density at radius 2 is 1.71 bits per heavy atom. The van der Waals surface area contributed by atoms with Crippen molar-refractivity contribution in [1.82, 2.24) is 9.88 Å². The first kappa shape index (κ1) is 18.7. The van der Waals surface area contributed by atoms with Crippen molar-refractivity contribution in [2.75, 3.05) is 0 Å². The first-order chi connectivity index (χ1) is 13.6. The lowest BCUT2D eigenvalue weighted by atomic mass is 10.1. The fourth-order valence-electron chi connectivity index (χ4n) is 3.50. The molecule has 3 aromatic carbocycles. The number of aromatic nitrogens is 1. The highest BCUT2D eigenvalue weighted by atomic mass is 35.5. The van der Waals surface area contributed by atoms with Crippen LogP contribution in [0, 0.1) is 12.7 Å². The maximum Gasteiger partial charge on any atom is 0.129 e. The molecule has 4 aromatic rings. The van der Waals surface area contributed by atoms with E-state index in [1.807, 2.05) is 12.1 Å². The summed E-state index contributed by atoms with van der Waals surface area (Å²) in [4.78, 5) is 0. The number of halogens is 2. The number of nitrogens with zero attached hydrogens (tertiary/aromatic N) is 1. The number of fused-ring (bicyclic) bond motifs is 1. The minimum atomic E-state index is -0.274. The SMILES string of the molecule is Cc1ccc(CNCc2cn(Cc3c(F)cccc3Cl)c3ccccc23)cc1. The molecule has 0 spiro atoms. The van der Waals surface area contributed by atoms with Gasteiger partial charge in [-0.1, -0.05) is 65.7 Å². The summed E-state index contributed by atoms with van der Waals surface area (Å²) in [7, 11) is 0. The molecule has 0 aliphatic heterocycles. The van der Waals surface area contributed by atoms with Crippen molar-refractivity contribution >= 4 is 22.5 Å². The van der Waals surface area contributed by atoms with Crippen LogP contribution in [-0.4, -0.2) is 4.57 Å². The lowest BCUT2D eigenvalue weighted by molar-refractivity contribution is 0.601. The fourth-order valence-corrected chi connectivity index (χ4v) is 3.72. The highest BCUT2D eigenvalue weighted by Gasteiger charge is 2.12. The van der Waals surface area contributed by atoms with Crippen LogP contribution < -0.4 is 5.32 Å². The van der Waals surface area contributed by atoms with Crippen molar-refractivity contribution < 1.29 is 4.39 Å². The van der Waals surface area contributed by atoms with Gasteiger partial charge < -0.3 is 9.88 Å². The second-order valence-corrected chi connectivity index (χ2v) is 7.50. The molecule has 0 amide bonds. The van der Waals surface area contributed by atoms with Gasteiger partial charge in [0.1, 0.15) is 5.82 Å². The van der Waals surface area contributed by atoms with E-state index in [-0.39, 0.29) is 5.82 Å². The quantitative estimate of drug-likeness (QED) is 0.420. The normalized spacial score (nSPS) is 11.2. The Morgan fingerprint density at radius 1 is 0.929 bits per heavy atom. The third-order valence-electron chi connectivity index (χ3n) is 5.03. The molecule has 1 heterocycles. The number of aryl methyl sites for hydroxylation is 1. The highest BCUT2D eigenvalue weighted by molar-refractivity contribution is 6.31. The predicted molar refractivity (Wildman–Crippen MR) is 114 cm³/mol. The number of rotatable bonds is 6. The maximum atomic E-state index is 14.3.